The molecule has 0 saturated heterocycles. The largest absolute Gasteiger partial charge is 0.340 e. The van der Waals surface area contributed by atoms with Gasteiger partial charge in [-0.25, -0.2) is 0 Å². The fourth-order valence-corrected chi connectivity index (χ4v) is 4.32. The summed E-state index contributed by atoms with van der Waals surface area (Å²) in [5.74, 6) is -0.0586. The second kappa shape index (κ2) is 9.80. The summed E-state index contributed by atoms with van der Waals surface area (Å²) in [6.45, 7) is 5.54. The predicted molar refractivity (Wildman–Crippen MR) is 120 cm³/mol. The molecule has 0 fully saturated rings. The van der Waals surface area contributed by atoms with Crippen LogP contribution in [0.2, 0.25) is 0 Å². The number of thioether (sulfide) groups is 1. The number of benzene rings is 2. The third-order valence-electron chi connectivity index (χ3n) is 5.18. The van der Waals surface area contributed by atoms with E-state index < -0.39 is 0 Å². The van der Waals surface area contributed by atoms with E-state index in [1.165, 1.54) is 16.7 Å². The number of carbonyl (C=O) groups excluding carboxylic acids is 3. The van der Waals surface area contributed by atoms with Crippen LogP contribution in [0.15, 0.2) is 53.4 Å². The van der Waals surface area contributed by atoms with Crippen LogP contribution in [0.4, 0.5) is 5.69 Å². The Labute approximate surface area is 181 Å². The molecule has 0 saturated carbocycles. The Morgan fingerprint density at radius 3 is 2.43 bits per heavy atom. The van der Waals surface area contributed by atoms with Crippen molar-refractivity contribution in [3.8, 4) is 0 Å². The van der Waals surface area contributed by atoms with Gasteiger partial charge >= 0.3 is 0 Å². The minimum Gasteiger partial charge on any atom is -0.340 e. The van der Waals surface area contributed by atoms with Gasteiger partial charge in [0.2, 0.25) is 11.8 Å². The van der Waals surface area contributed by atoms with E-state index in [0.29, 0.717) is 30.9 Å². The SMILES string of the molecule is CCN(CC)C(=O)c1ccc2c(c1)N(CC(=O)N(C)Cc1ccccc1)C(=O)CS2. The third kappa shape index (κ3) is 4.84. The van der Waals surface area contributed by atoms with Gasteiger partial charge in [-0.3, -0.25) is 14.4 Å². The van der Waals surface area contributed by atoms with Crippen LogP contribution >= 0.6 is 11.8 Å². The first-order valence-corrected chi connectivity index (χ1v) is 11.1. The van der Waals surface area contributed by atoms with Crippen LogP contribution in [-0.2, 0) is 16.1 Å². The first-order chi connectivity index (χ1) is 14.4. The number of rotatable bonds is 7. The number of amides is 3. The molecule has 2 aromatic rings. The molecule has 0 aliphatic carbocycles. The highest BCUT2D eigenvalue weighted by atomic mass is 32.2. The van der Waals surface area contributed by atoms with Crippen molar-refractivity contribution in [3.05, 3.63) is 59.7 Å². The molecule has 30 heavy (non-hydrogen) atoms. The van der Waals surface area contributed by atoms with E-state index in [1.54, 1.807) is 29.0 Å². The predicted octanol–water partition coefficient (Wildman–Crippen LogP) is 3.27. The van der Waals surface area contributed by atoms with E-state index in [9.17, 15) is 14.4 Å². The van der Waals surface area contributed by atoms with E-state index in [-0.39, 0.29) is 30.0 Å². The smallest absolute Gasteiger partial charge is 0.253 e. The molecule has 3 amide bonds. The molecule has 158 valence electrons. The van der Waals surface area contributed by atoms with E-state index in [4.69, 9.17) is 0 Å². The lowest BCUT2D eigenvalue weighted by Crippen LogP contribution is -2.43. The maximum Gasteiger partial charge on any atom is 0.253 e. The highest BCUT2D eigenvalue weighted by Crippen LogP contribution is 2.36. The standard InChI is InChI=1S/C23H27N3O3S/c1-4-25(5-2)23(29)18-11-12-20-19(13-18)26(22(28)16-30-20)15-21(27)24(3)14-17-9-7-6-8-10-17/h6-13H,4-5,14-16H2,1-3H3. The average molecular weight is 426 g/mol. The summed E-state index contributed by atoms with van der Waals surface area (Å²) in [4.78, 5) is 44.0. The quantitative estimate of drug-likeness (QED) is 0.683. The zero-order chi connectivity index (χ0) is 21.7. The van der Waals surface area contributed by atoms with Gasteiger partial charge in [-0.15, -0.1) is 11.8 Å². The molecule has 0 atom stereocenters. The molecule has 0 aromatic heterocycles. The Hall–Kier alpha value is -2.80. The van der Waals surface area contributed by atoms with E-state index >= 15 is 0 Å². The number of fused-ring (bicyclic) bond motifs is 1. The minimum atomic E-state index is -0.148. The van der Waals surface area contributed by atoms with Gasteiger partial charge in [-0.05, 0) is 37.6 Å². The van der Waals surface area contributed by atoms with Crippen molar-refractivity contribution in [3.63, 3.8) is 0 Å². The monoisotopic (exact) mass is 425 g/mol. The molecule has 0 unspecified atom stereocenters. The van der Waals surface area contributed by atoms with Crippen molar-refractivity contribution >= 4 is 35.2 Å². The number of anilines is 1. The molecule has 0 radical (unpaired) electrons. The van der Waals surface area contributed by atoms with Gasteiger partial charge < -0.3 is 14.7 Å². The molecule has 0 bridgehead atoms. The summed E-state index contributed by atoms with van der Waals surface area (Å²) in [6, 6.07) is 15.1. The highest BCUT2D eigenvalue weighted by Gasteiger charge is 2.29. The Morgan fingerprint density at radius 1 is 1.07 bits per heavy atom. The molecule has 7 heteroatoms. The molecule has 0 N–H and O–H groups in total. The molecule has 2 aromatic carbocycles. The zero-order valence-corrected chi connectivity index (χ0v) is 18.4. The molecule has 1 aliphatic rings. The molecule has 1 heterocycles. The van der Waals surface area contributed by atoms with Crippen LogP contribution in [0.5, 0.6) is 0 Å². The topological polar surface area (TPSA) is 60.9 Å². The molecule has 1 aliphatic heterocycles. The van der Waals surface area contributed by atoms with E-state index in [1.807, 2.05) is 50.2 Å². The lowest BCUT2D eigenvalue weighted by molar-refractivity contribution is -0.130. The summed E-state index contributed by atoms with van der Waals surface area (Å²) >= 11 is 1.44. The van der Waals surface area contributed by atoms with Crippen molar-refractivity contribution in [2.45, 2.75) is 25.3 Å². The first kappa shape index (κ1) is 21.9. The van der Waals surface area contributed by atoms with Crippen molar-refractivity contribution < 1.29 is 14.4 Å². The molecule has 0 spiro atoms. The normalized spacial score (nSPS) is 13.0. The van der Waals surface area contributed by atoms with Crippen LogP contribution in [0.1, 0.15) is 29.8 Å². The fraction of sp³-hybridized carbons (Fsp3) is 0.348. The number of carbonyl (C=O) groups is 3. The summed E-state index contributed by atoms with van der Waals surface area (Å²) in [5.41, 5.74) is 2.19. The average Bonchev–Trinajstić information content (AvgIpc) is 2.76. The molecular formula is C23H27N3O3S. The number of hydrogen-bond acceptors (Lipinski definition) is 4. The fourth-order valence-electron chi connectivity index (χ4n) is 3.40. The second-order valence-electron chi connectivity index (χ2n) is 7.16. The van der Waals surface area contributed by atoms with Crippen LogP contribution in [0.3, 0.4) is 0 Å². The Balaban J connectivity index is 1.80. The molecular weight excluding hydrogens is 398 g/mol. The maximum absolute atomic E-state index is 12.8. The first-order valence-electron chi connectivity index (χ1n) is 10.1. The van der Waals surface area contributed by atoms with Crippen LogP contribution in [0, 0.1) is 0 Å². The van der Waals surface area contributed by atoms with Gasteiger partial charge in [0, 0.05) is 37.1 Å². The van der Waals surface area contributed by atoms with Gasteiger partial charge in [0.25, 0.3) is 5.91 Å². The van der Waals surface area contributed by atoms with Gasteiger partial charge in [0.15, 0.2) is 0 Å². The Kier molecular flexibility index (Phi) is 7.15. The number of hydrogen-bond donors (Lipinski definition) is 0. The summed E-state index contributed by atoms with van der Waals surface area (Å²) < 4.78 is 0. The van der Waals surface area contributed by atoms with Gasteiger partial charge in [-0.1, -0.05) is 30.3 Å². The number of likely N-dealkylation sites (N-methyl/N-ethyl adjacent to an activating group) is 1. The molecule has 3 rings (SSSR count). The van der Waals surface area contributed by atoms with Crippen molar-refractivity contribution in [2.24, 2.45) is 0 Å². The molecule has 6 nitrogen and oxygen atoms in total. The number of nitrogens with zero attached hydrogens (tertiary/aromatic N) is 3. The van der Waals surface area contributed by atoms with E-state index in [0.717, 1.165) is 10.5 Å². The van der Waals surface area contributed by atoms with Gasteiger partial charge in [0.1, 0.15) is 6.54 Å². The lowest BCUT2D eigenvalue weighted by atomic mass is 10.1. The van der Waals surface area contributed by atoms with Crippen molar-refractivity contribution in [2.75, 3.05) is 37.3 Å². The maximum atomic E-state index is 12.8. The highest BCUT2D eigenvalue weighted by molar-refractivity contribution is 8.00. The van der Waals surface area contributed by atoms with Crippen LogP contribution in [0.25, 0.3) is 0 Å². The minimum absolute atomic E-state index is 0.0430. The Bertz CT molecular complexity index is 929. The summed E-state index contributed by atoms with van der Waals surface area (Å²) in [5, 5.41) is 0. The Morgan fingerprint density at radius 2 is 1.77 bits per heavy atom. The second-order valence-corrected chi connectivity index (χ2v) is 8.18. The summed E-state index contributed by atoms with van der Waals surface area (Å²) in [7, 11) is 1.74. The van der Waals surface area contributed by atoms with Gasteiger partial charge in [0.05, 0.1) is 11.4 Å². The lowest BCUT2D eigenvalue weighted by Gasteiger charge is -2.30. The van der Waals surface area contributed by atoms with Gasteiger partial charge in [-0.2, -0.15) is 0 Å². The van der Waals surface area contributed by atoms with Crippen molar-refractivity contribution in [1.29, 1.82) is 0 Å². The third-order valence-corrected chi connectivity index (χ3v) is 6.23. The summed E-state index contributed by atoms with van der Waals surface area (Å²) in [6.07, 6.45) is 0. The van der Waals surface area contributed by atoms with Crippen molar-refractivity contribution in [1.82, 2.24) is 9.80 Å². The van der Waals surface area contributed by atoms with E-state index in [2.05, 4.69) is 0 Å². The van der Waals surface area contributed by atoms with Crippen LogP contribution in [-0.4, -0.2) is 60.0 Å². The zero-order valence-electron chi connectivity index (χ0n) is 17.6. The van der Waals surface area contributed by atoms with Crippen LogP contribution < -0.4 is 4.90 Å².